The molecule has 0 aromatic heterocycles. The average Bonchev–Trinajstić information content (AvgIpc) is 2.95. The van der Waals surface area contributed by atoms with Crippen molar-refractivity contribution >= 4 is 35.6 Å². The van der Waals surface area contributed by atoms with E-state index in [4.69, 9.17) is 5.73 Å². The van der Waals surface area contributed by atoms with Gasteiger partial charge in [0.05, 0.1) is 0 Å². The largest absolute Gasteiger partial charge is 0.330 e. The number of fused-ring (bicyclic) bond motifs is 1. The van der Waals surface area contributed by atoms with E-state index < -0.39 is 0 Å². The van der Waals surface area contributed by atoms with Gasteiger partial charge < -0.3 is 16.4 Å². The van der Waals surface area contributed by atoms with E-state index in [1.807, 2.05) is 18.2 Å². The standard InChI is InChI=1S/C16H21N3O2.ClH/c17-9-11-2-1-3-13(11)16(21)18-12-6-4-10-5-7-15(20)19-14(10)8-12;/h4,6,8,11,13H,1-3,5,7,9,17H2,(H,18,21)(H,19,20);1H/t11-,13-;/m1./s1. The van der Waals surface area contributed by atoms with E-state index in [2.05, 4.69) is 10.6 Å². The third-order valence-electron chi connectivity index (χ3n) is 4.57. The number of benzene rings is 1. The minimum Gasteiger partial charge on any atom is -0.330 e. The van der Waals surface area contributed by atoms with E-state index in [1.54, 1.807) is 0 Å². The minimum absolute atomic E-state index is 0. The van der Waals surface area contributed by atoms with Crippen molar-refractivity contribution in [1.82, 2.24) is 0 Å². The van der Waals surface area contributed by atoms with Crippen LogP contribution in [0.25, 0.3) is 0 Å². The molecule has 2 aliphatic rings. The summed E-state index contributed by atoms with van der Waals surface area (Å²) in [6, 6.07) is 5.72. The second-order valence-corrected chi connectivity index (χ2v) is 5.94. The molecule has 22 heavy (non-hydrogen) atoms. The zero-order chi connectivity index (χ0) is 14.8. The second-order valence-electron chi connectivity index (χ2n) is 5.94. The number of carbonyl (C=O) groups excluding carboxylic acids is 2. The predicted molar refractivity (Wildman–Crippen MR) is 89.2 cm³/mol. The van der Waals surface area contributed by atoms with E-state index in [9.17, 15) is 9.59 Å². The maximum atomic E-state index is 12.4. The van der Waals surface area contributed by atoms with Crippen molar-refractivity contribution in [3.05, 3.63) is 23.8 Å². The number of nitrogens with one attached hydrogen (secondary N) is 2. The van der Waals surface area contributed by atoms with Gasteiger partial charge in [-0.3, -0.25) is 9.59 Å². The Morgan fingerprint density at radius 1 is 1.32 bits per heavy atom. The third kappa shape index (κ3) is 3.42. The van der Waals surface area contributed by atoms with Crippen molar-refractivity contribution in [3.63, 3.8) is 0 Å². The summed E-state index contributed by atoms with van der Waals surface area (Å²) in [6.45, 7) is 0.568. The monoisotopic (exact) mass is 323 g/mol. The zero-order valence-electron chi connectivity index (χ0n) is 12.4. The minimum atomic E-state index is 0. The first-order valence-electron chi connectivity index (χ1n) is 7.61. The molecule has 1 aliphatic carbocycles. The fourth-order valence-corrected chi connectivity index (χ4v) is 3.35. The molecule has 1 heterocycles. The van der Waals surface area contributed by atoms with Gasteiger partial charge in [-0.05, 0) is 49.4 Å². The Kier molecular flexibility index (Phi) is 5.42. The van der Waals surface area contributed by atoms with Crippen molar-refractivity contribution < 1.29 is 9.59 Å². The van der Waals surface area contributed by atoms with Gasteiger partial charge in [-0.25, -0.2) is 0 Å². The van der Waals surface area contributed by atoms with Crippen molar-refractivity contribution in [2.75, 3.05) is 17.2 Å². The van der Waals surface area contributed by atoms with Crippen molar-refractivity contribution in [1.29, 1.82) is 0 Å². The Morgan fingerprint density at radius 2 is 2.14 bits per heavy atom. The fourth-order valence-electron chi connectivity index (χ4n) is 3.35. The molecule has 5 nitrogen and oxygen atoms in total. The summed E-state index contributed by atoms with van der Waals surface area (Å²) in [5.41, 5.74) is 8.40. The Hall–Kier alpha value is -1.59. The number of aryl methyl sites for hydroxylation is 1. The van der Waals surface area contributed by atoms with E-state index in [0.29, 0.717) is 18.9 Å². The number of hydrogen-bond acceptors (Lipinski definition) is 3. The van der Waals surface area contributed by atoms with E-state index in [1.165, 1.54) is 0 Å². The molecule has 1 fully saturated rings. The maximum Gasteiger partial charge on any atom is 0.227 e. The molecule has 1 aromatic rings. The summed E-state index contributed by atoms with van der Waals surface area (Å²) in [4.78, 5) is 23.8. The van der Waals surface area contributed by atoms with Gasteiger partial charge in [0.2, 0.25) is 11.8 Å². The smallest absolute Gasteiger partial charge is 0.227 e. The fraction of sp³-hybridized carbons (Fsp3) is 0.500. The zero-order valence-corrected chi connectivity index (χ0v) is 13.2. The van der Waals surface area contributed by atoms with Crippen LogP contribution in [0, 0.1) is 11.8 Å². The number of halogens is 1. The first kappa shape index (κ1) is 16.8. The van der Waals surface area contributed by atoms with Crippen molar-refractivity contribution in [3.8, 4) is 0 Å². The highest BCUT2D eigenvalue weighted by molar-refractivity contribution is 5.97. The number of carbonyl (C=O) groups is 2. The molecular formula is C16H22ClN3O2. The molecule has 120 valence electrons. The molecule has 6 heteroatoms. The Labute approximate surface area is 136 Å². The molecule has 2 atom stereocenters. The molecule has 0 spiro atoms. The van der Waals surface area contributed by atoms with E-state index >= 15 is 0 Å². The lowest BCUT2D eigenvalue weighted by atomic mass is 9.95. The summed E-state index contributed by atoms with van der Waals surface area (Å²) in [6.07, 6.45) is 4.30. The average molecular weight is 324 g/mol. The normalized spacial score (nSPS) is 23.2. The van der Waals surface area contributed by atoms with Crippen LogP contribution in [0.4, 0.5) is 11.4 Å². The van der Waals surface area contributed by atoms with Gasteiger partial charge in [-0.2, -0.15) is 0 Å². The number of amides is 2. The number of nitrogens with two attached hydrogens (primary N) is 1. The van der Waals surface area contributed by atoms with Gasteiger partial charge >= 0.3 is 0 Å². The summed E-state index contributed by atoms with van der Waals surface area (Å²) in [5.74, 6) is 0.387. The lowest BCUT2D eigenvalue weighted by molar-refractivity contribution is -0.120. The SMILES string of the molecule is Cl.NC[C@H]1CCC[C@H]1C(=O)Nc1ccc2c(c1)NC(=O)CC2. The van der Waals surface area contributed by atoms with Crippen LogP contribution in [0.3, 0.4) is 0 Å². The maximum absolute atomic E-state index is 12.4. The van der Waals surface area contributed by atoms with Gasteiger partial charge in [0, 0.05) is 23.7 Å². The second kappa shape index (κ2) is 7.11. The molecule has 2 amide bonds. The number of anilines is 2. The van der Waals surface area contributed by atoms with Gasteiger partial charge in [-0.1, -0.05) is 12.5 Å². The molecule has 4 N–H and O–H groups in total. The van der Waals surface area contributed by atoms with Gasteiger partial charge in [-0.15, -0.1) is 12.4 Å². The number of hydrogen-bond donors (Lipinski definition) is 3. The molecule has 0 radical (unpaired) electrons. The molecule has 0 bridgehead atoms. The van der Waals surface area contributed by atoms with Crippen LogP contribution in [0.5, 0.6) is 0 Å². The van der Waals surface area contributed by atoms with Crippen LogP contribution in [-0.2, 0) is 16.0 Å². The van der Waals surface area contributed by atoms with Crippen molar-refractivity contribution in [2.45, 2.75) is 32.1 Å². The lowest BCUT2D eigenvalue weighted by Gasteiger charge is -2.20. The highest BCUT2D eigenvalue weighted by atomic mass is 35.5. The van der Waals surface area contributed by atoms with Gasteiger partial charge in [0.1, 0.15) is 0 Å². The molecule has 0 unspecified atom stereocenters. The molecule has 1 aliphatic heterocycles. The summed E-state index contributed by atoms with van der Waals surface area (Å²) in [5, 5.41) is 5.82. The van der Waals surface area contributed by atoms with Gasteiger partial charge in [0.15, 0.2) is 0 Å². The predicted octanol–water partition coefficient (Wildman–Crippen LogP) is 2.31. The van der Waals surface area contributed by atoms with Crippen LogP contribution < -0.4 is 16.4 Å². The third-order valence-corrected chi connectivity index (χ3v) is 4.57. The summed E-state index contributed by atoms with van der Waals surface area (Å²) >= 11 is 0. The van der Waals surface area contributed by atoms with Crippen LogP contribution in [0.15, 0.2) is 18.2 Å². The van der Waals surface area contributed by atoms with Crippen LogP contribution >= 0.6 is 12.4 Å². The molecular weight excluding hydrogens is 302 g/mol. The summed E-state index contributed by atoms with van der Waals surface area (Å²) in [7, 11) is 0. The number of rotatable bonds is 3. The molecule has 0 saturated heterocycles. The topological polar surface area (TPSA) is 84.2 Å². The molecule has 1 saturated carbocycles. The van der Waals surface area contributed by atoms with E-state index in [-0.39, 0.29) is 30.1 Å². The Balaban J connectivity index is 0.00000176. The van der Waals surface area contributed by atoms with Crippen LogP contribution in [0.2, 0.25) is 0 Å². The quantitative estimate of drug-likeness (QED) is 0.798. The first-order valence-corrected chi connectivity index (χ1v) is 7.61. The molecule has 3 rings (SSSR count). The van der Waals surface area contributed by atoms with E-state index in [0.717, 1.165) is 42.6 Å². The van der Waals surface area contributed by atoms with Crippen LogP contribution in [0.1, 0.15) is 31.2 Å². The Morgan fingerprint density at radius 3 is 2.91 bits per heavy atom. The van der Waals surface area contributed by atoms with Crippen LogP contribution in [-0.4, -0.2) is 18.4 Å². The Bertz CT molecular complexity index is 577. The van der Waals surface area contributed by atoms with Gasteiger partial charge in [0.25, 0.3) is 0 Å². The van der Waals surface area contributed by atoms with Crippen molar-refractivity contribution in [2.24, 2.45) is 17.6 Å². The highest BCUT2D eigenvalue weighted by Gasteiger charge is 2.32. The first-order chi connectivity index (χ1) is 10.2. The summed E-state index contributed by atoms with van der Waals surface area (Å²) < 4.78 is 0. The lowest BCUT2D eigenvalue weighted by Crippen LogP contribution is -2.29. The molecule has 1 aromatic carbocycles. The highest BCUT2D eigenvalue weighted by Crippen LogP contribution is 2.32.